The topological polar surface area (TPSA) is 47.9 Å². The molecular formula is C27H27ClN4O. The van der Waals surface area contributed by atoms with Gasteiger partial charge in [0.2, 0.25) is 0 Å². The third-order valence-electron chi connectivity index (χ3n) is 6.27. The van der Waals surface area contributed by atoms with Gasteiger partial charge in [0.05, 0.1) is 11.4 Å². The molecule has 0 aromatic heterocycles. The molecule has 0 spiro atoms. The highest BCUT2D eigenvalue weighted by Crippen LogP contribution is 2.33. The molecule has 6 heteroatoms. The summed E-state index contributed by atoms with van der Waals surface area (Å²) in [6, 6.07) is 26.3. The van der Waals surface area contributed by atoms with Crippen molar-refractivity contribution in [2.45, 2.75) is 25.4 Å². The number of halogens is 1. The van der Waals surface area contributed by atoms with Gasteiger partial charge in [0.1, 0.15) is 6.54 Å². The molecule has 1 amide bonds. The third-order valence-corrected chi connectivity index (χ3v) is 6.51. The number of anilines is 1. The van der Waals surface area contributed by atoms with Crippen molar-refractivity contribution in [3.05, 3.63) is 101 Å². The van der Waals surface area contributed by atoms with Gasteiger partial charge in [0, 0.05) is 28.7 Å². The fourth-order valence-electron chi connectivity index (χ4n) is 4.68. The maximum Gasteiger partial charge on any atom is 0.263 e. The van der Waals surface area contributed by atoms with Crippen molar-refractivity contribution in [1.82, 2.24) is 10.3 Å². The molecule has 0 aliphatic carbocycles. The van der Waals surface area contributed by atoms with Gasteiger partial charge < -0.3 is 5.32 Å². The van der Waals surface area contributed by atoms with Gasteiger partial charge in [-0.2, -0.15) is 0 Å². The molecule has 2 heterocycles. The maximum atomic E-state index is 13.6. The summed E-state index contributed by atoms with van der Waals surface area (Å²) in [5.41, 5.74) is 4.67. The van der Waals surface area contributed by atoms with E-state index in [4.69, 9.17) is 16.6 Å². The van der Waals surface area contributed by atoms with Gasteiger partial charge in [-0.3, -0.25) is 9.79 Å². The van der Waals surface area contributed by atoms with E-state index in [2.05, 4.69) is 22.5 Å². The summed E-state index contributed by atoms with van der Waals surface area (Å²) in [5, 5.41) is 8.19. The first-order valence-corrected chi connectivity index (χ1v) is 11.8. The van der Waals surface area contributed by atoms with Gasteiger partial charge in [0.25, 0.3) is 5.91 Å². The third kappa shape index (κ3) is 4.71. The number of carbonyl (C=O) groups is 1. The highest BCUT2D eigenvalue weighted by Gasteiger charge is 2.34. The molecule has 33 heavy (non-hydrogen) atoms. The predicted octanol–water partition coefficient (Wildman–Crippen LogP) is 4.69. The summed E-state index contributed by atoms with van der Waals surface area (Å²) >= 11 is 6.44. The summed E-state index contributed by atoms with van der Waals surface area (Å²) in [7, 11) is 0. The Morgan fingerprint density at radius 1 is 0.970 bits per heavy atom. The van der Waals surface area contributed by atoms with Crippen molar-refractivity contribution in [3.63, 3.8) is 0 Å². The molecule has 0 unspecified atom stereocenters. The molecule has 0 atom stereocenters. The molecule has 1 fully saturated rings. The minimum atomic E-state index is -0.0287. The van der Waals surface area contributed by atoms with E-state index in [-0.39, 0.29) is 18.5 Å². The first-order valence-electron chi connectivity index (χ1n) is 11.4. The van der Waals surface area contributed by atoms with E-state index in [1.807, 2.05) is 71.7 Å². The molecule has 1 saturated heterocycles. The van der Waals surface area contributed by atoms with Gasteiger partial charge in [-0.05, 0) is 49.7 Å². The van der Waals surface area contributed by atoms with Gasteiger partial charge in [0.15, 0.2) is 0 Å². The second-order valence-corrected chi connectivity index (χ2v) is 8.90. The Morgan fingerprint density at radius 2 is 1.67 bits per heavy atom. The fourth-order valence-corrected chi connectivity index (χ4v) is 4.85. The van der Waals surface area contributed by atoms with Crippen LogP contribution in [-0.2, 0) is 11.3 Å². The quantitative estimate of drug-likeness (QED) is 0.603. The lowest BCUT2D eigenvalue weighted by molar-refractivity contribution is -0.121. The lowest BCUT2D eigenvalue weighted by Crippen LogP contribution is -2.55. The number of hydrogen-bond acceptors (Lipinski definition) is 4. The fraction of sp³-hybridized carbons (Fsp3) is 0.259. The number of hydrazine groups is 1. The Balaban J connectivity index is 1.61. The second kappa shape index (κ2) is 9.87. The minimum absolute atomic E-state index is 0.0287. The Bertz CT molecular complexity index is 1140. The lowest BCUT2D eigenvalue weighted by atomic mass is 10.00. The standard InChI is InChI=1S/C27H27ClN4O/c28-22-11-12-25-24(17-22)27(21-9-5-2-6-10-21)30-18-26(33)32(25)31(23-13-15-29-16-14-23)19-20-7-3-1-4-8-20/h1-12,17,23,29H,13-16,18-19H2. The van der Waals surface area contributed by atoms with Crippen molar-refractivity contribution in [1.29, 1.82) is 0 Å². The van der Waals surface area contributed by atoms with Crippen LogP contribution in [0.5, 0.6) is 0 Å². The zero-order chi connectivity index (χ0) is 22.6. The first-order chi connectivity index (χ1) is 16.2. The summed E-state index contributed by atoms with van der Waals surface area (Å²) < 4.78 is 0. The van der Waals surface area contributed by atoms with Crippen molar-refractivity contribution < 1.29 is 4.79 Å². The minimum Gasteiger partial charge on any atom is -0.317 e. The van der Waals surface area contributed by atoms with Crippen LogP contribution in [-0.4, -0.2) is 42.3 Å². The molecule has 0 bridgehead atoms. The Kier molecular flexibility index (Phi) is 6.53. The van der Waals surface area contributed by atoms with E-state index in [0.717, 1.165) is 48.5 Å². The van der Waals surface area contributed by atoms with E-state index < -0.39 is 0 Å². The largest absolute Gasteiger partial charge is 0.317 e. The van der Waals surface area contributed by atoms with Crippen LogP contribution in [0.2, 0.25) is 5.02 Å². The highest BCUT2D eigenvalue weighted by molar-refractivity contribution is 6.32. The van der Waals surface area contributed by atoms with Crippen LogP contribution in [0.4, 0.5) is 5.69 Å². The van der Waals surface area contributed by atoms with Crippen LogP contribution in [0.1, 0.15) is 29.5 Å². The Labute approximate surface area is 199 Å². The SMILES string of the molecule is O=C1CN=C(c2ccccc2)c2cc(Cl)ccc2N1N(Cc1ccccc1)C1CCNCC1. The number of benzodiazepines with no additional fused rings is 1. The first kappa shape index (κ1) is 21.8. The molecule has 168 valence electrons. The molecule has 0 radical (unpaired) electrons. The number of fused-ring (bicyclic) bond motifs is 1. The molecule has 0 saturated carbocycles. The van der Waals surface area contributed by atoms with Crippen LogP contribution in [0.3, 0.4) is 0 Å². The smallest absolute Gasteiger partial charge is 0.263 e. The summed E-state index contributed by atoms with van der Waals surface area (Å²) in [6.07, 6.45) is 1.96. The van der Waals surface area contributed by atoms with Crippen LogP contribution in [0.15, 0.2) is 83.9 Å². The number of carbonyl (C=O) groups excluding carboxylic acids is 1. The number of nitrogens with zero attached hydrogens (tertiary/aromatic N) is 3. The molecule has 3 aromatic rings. The van der Waals surface area contributed by atoms with E-state index in [0.29, 0.717) is 11.6 Å². The van der Waals surface area contributed by atoms with Gasteiger partial charge in [-0.15, -0.1) is 0 Å². The van der Waals surface area contributed by atoms with E-state index >= 15 is 0 Å². The average molecular weight is 459 g/mol. The molecular weight excluding hydrogens is 432 g/mol. The van der Waals surface area contributed by atoms with Crippen molar-refractivity contribution >= 4 is 28.9 Å². The molecule has 5 nitrogen and oxygen atoms in total. The van der Waals surface area contributed by atoms with Gasteiger partial charge in [-0.25, -0.2) is 10.0 Å². The zero-order valence-corrected chi connectivity index (χ0v) is 19.2. The number of nitrogens with one attached hydrogen (secondary N) is 1. The lowest BCUT2D eigenvalue weighted by Gasteiger charge is -2.42. The highest BCUT2D eigenvalue weighted by atomic mass is 35.5. The summed E-state index contributed by atoms with van der Waals surface area (Å²) in [4.78, 5) is 18.4. The molecule has 1 N–H and O–H groups in total. The van der Waals surface area contributed by atoms with Gasteiger partial charge in [-0.1, -0.05) is 72.3 Å². The Morgan fingerprint density at radius 3 is 2.39 bits per heavy atom. The van der Waals surface area contributed by atoms with Crippen LogP contribution < -0.4 is 10.3 Å². The van der Waals surface area contributed by atoms with Crippen molar-refractivity contribution in [2.75, 3.05) is 24.6 Å². The number of benzene rings is 3. The molecule has 2 aliphatic heterocycles. The summed E-state index contributed by atoms with van der Waals surface area (Å²) in [5.74, 6) is -0.0287. The Hall–Kier alpha value is -2.99. The van der Waals surface area contributed by atoms with E-state index in [1.165, 1.54) is 5.56 Å². The number of amides is 1. The second-order valence-electron chi connectivity index (χ2n) is 8.46. The molecule has 3 aromatic carbocycles. The van der Waals surface area contributed by atoms with E-state index in [9.17, 15) is 4.79 Å². The van der Waals surface area contributed by atoms with Crippen LogP contribution >= 0.6 is 11.6 Å². The average Bonchev–Trinajstić information content (AvgIpc) is 3.00. The number of aliphatic imine (C=N–C) groups is 1. The van der Waals surface area contributed by atoms with Crippen LogP contribution in [0.25, 0.3) is 0 Å². The number of hydrogen-bond donors (Lipinski definition) is 1. The van der Waals surface area contributed by atoms with Crippen LogP contribution in [0, 0.1) is 0 Å². The van der Waals surface area contributed by atoms with E-state index in [1.54, 1.807) is 0 Å². The van der Waals surface area contributed by atoms with Gasteiger partial charge >= 0.3 is 0 Å². The number of piperidine rings is 1. The maximum absolute atomic E-state index is 13.6. The molecule has 5 rings (SSSR count). The van der Waals surface area contributed by atoms with Crippen molar-refractivity contribution in [3.8, 4) is 0 Å². The normalized spacial score (nSPS) is 17.0. The molecule has 2 aliphatic rings. The van der Waals surface area contributed by atoms with Crippen molar-refractivity contribution in [2.24, 2.45) is 4.99 Å². The predicted molar refractivity (Wildman–Crippen MR) is 134 cm³/mol. The zero-order valence-electron chi connectivity index (χ0n) is 18.5. The summed E-state index contributed by atoms with van der Waals surface area (Å²) in [6.45, 7) is 2.63. The number of rotatable bonds is 5. The monoisotopic (exact) mass is 458 g/mol.